The van der Waals surface area contributed by atoms with Gasteiger partial charge in [-0.05, 0) is 46.3 Å². The maximum atomic E-state index is 9.98. The number of likely N-dealkylation sites (tertiary alicyclic amines) is 1. The molecule has 2 aromatic rings. The Morgan fingerprint density at radius 2 is 2.09 bits per heavy atom. The average Bonchev–Trinajstić information content (AvgIpc) is 3.42. The minimum atomic E-state index is -0.149. The van der Waals surface area contributed by atoms with Crippen molar-refractivity contribution < 1.29 is 5.11 Å². The molecule has 2 aliphatic rings. The monoisotopic (exact) mass is 441 g/mol. The summed E-state index contributed by atoms with van der Waals surface area (Å²) in [6, 6.07) is 7.40. The third-order valence-electron chi connectivity index (χ3n) is 5.88. The molecule has 3 N–H and O–H groups in total. The van der Waals surface area contributed by atoms with Gasteiger partial charge in [0.25, 0.3) is 0 Å². The topological polar surface area (TPSA) is 76.5 Å². The quantitative estimate of drug-likeness (QED) is 0.628. The van der Waals surface area contributed by atoms with Gasteiger partial charge in [0.15, 0.2) is 0 Å². The second-order valence-corrected chi connectivity index (χ2v) is 9.45. The Morgan fingerprint density at radius 3 is 2.76 bits per heavy atom. The SMILES string of the molecule is C=C/C=C1/CN(C2=N/C(=C(/Cc3cccc(O)c3)C(C)(C)C)NC(c3cn[nH]c3)=C2)CC1=C. The third kappa shape index (κ3) is 5.00. The van der Waals surface area contributed by atoms with Crippen LogP contribution in [-0.4, -0.2) is 39.1 Å². The maximum Gasteiger partial charge on any atom is 0.133 e. The van der Waals surface area contributed by atoms with E-state index < -0.39 is 0 Å². The molecule has 1 fully saturated rings. The molecule has 3 heterocycles. The molecule has 1 aromatic heterocycles. The molecular formula is C27H31N5O. The summed E-state index contributed by atoms with van der Waals surface area (Å²) >= 11 is 0. The zero-order valence-corrected chi connectivity index (χ0v) is 19.5. The lowest BCUT2D eigenvalue weighted by molar-refractivity contribution is 0.470. The van der Waals surface area contributed by atoms with Crippen LogP contribution in [0.4, 0.5) is 0 Å². The molecule has 0 saturated carbocycles. The highest BCUT2D eigenvalue weighted by molar-refractivity contribution is 6.02. The van der Waals surface area contributed by atoms with E-state index in [4.69, 9.17) is 4.99 Å². The molecule has 33 heavy (non-hydrogen) atoms. The number of H-pyrrole nitrogens is 1. The number of benzene rings is 1. The molecular weight excluding hydrogens is 410 g/mol. The van der Waals surface area contributed by atoms with E-state index in [0.717, 1.165) is 52.7 Å². The van der Waals surface area contributed by atoms with E-state index in [-0.39, 0.29) is 11.2 Å². The number of aromatic nitrogens is 2. The number of allylic oxidation sites excluding steroid dienone is 3. The van der Waals surface area contributed by atoms with E-state index in [9.17, 15) is 5.11 Å². The summed E-state index contributed by atoms with van der Waals surface area (Å²) in [5, 5.41) is 20.6. The van der Waals surface area contributed by atoms with Gasteiger partial charge in [-0.3, -0.25) is 5.10 Å². The zero-order chi connectivity index (χ0) is 23.6. The van der Waals surface area contributed by atoms with Gasteiger partial charge in [-0.25, -0.2) is 4.99 Å². The highest BCUT2D eigenvalue weighted by atomic mass is 16.3. The predicted molar refractivity (Wildman–Crippen MR) is 134 cm³/mol. The van der Waals surface area contributed by atoms with Crippen molar-refractivity contribution in [2.75, 3.05) is 13.1 Å². The summed E-state index contributed by atoms with van der Waals surface area (Å²) in [5.41, 5.74) is 6.19. The molecule has 6 nitrogen and oxygen atoms in total. The first kappa shape index (κ1) is 22.4. The predicted octanol–water partition coefficient (Wildman–Crippen LogP) is 4.94. The fraction of sp³-hybridized carbons (Fsp3) is 0.259. The van der Waals surface area contributed by atoms with E-state index in [1.807, 2.05) is 30.5 Å². The van der Waals surface area contributed by atoms with E-state index >= 15 is 0 Å². The van der Waals surface area contributed by atoms with Crippen molar-refractivity contribution in [3.8, 4) is 5.75 Å². The normalized spacial score (nSPS) is 19.3. The number of aromatic hydroxyl groups is 1. The fourth-order valence-corrected chi connectivity index (χ4v) is 4.08. The van der Waals surface area contributed by atoms with Crippen LogP contribution >= 0.6 is 0 Å². The first-order valence-electron chi connectivity index (χ1n) is 11.1. The maximum absolute atomic E-state index is 9.98. The van der Waals surface area contributed by atoms with Crippen LogP contribution < -0.4 is 5.32 Å². The smallest absolute Gasteiger partial charge is 0.133 e. The summed E-state index contributed by atoms with van der Waals surface area (Å²) in [5.74, 6) is 1.97. The van der Waals surface area contributed by atoms with Gasteiger partial charge < -0.3 is 15.3 Å². The molecule has 1 saturated heterocycles. The lowest BCUT2D eigenvalue weighted by atomic mass is 9.82. The van der Waals surface area contributed by atoms with Crippen LogP contribution in [0.5, 0.6) is 5.75 Å². The van der Waals surface area contributed by atoms with Crippen LogP contribution in [0.3, 0.4) is 0 Å². The van der Waals surface area contributed by atoms with E-state index in [2.05, 4.69) is 60.4 Å². The van der Waals surface area contributed by atoms with Gasteiger partial charge in [0.05, 0.1) is 11.9 Å². The number of hydrogen-bond donors (Lipinski definition) is 3. The minimum Gasteiger partial charge on any atom is -0.508 e. The molecule has 170 valence electrons. The Morgan fingerprint density at radius 1 is 1.27 bits per heavy atom. The van der Waals surface area contributed by atoms with Crippen LogP contribution in [0.1, 0.15) is 31.9 Å². The molecule has 0 spiro atoms. The number of rotatable bonds is 4. The Labute approximate surface area is 195 Å². The fourth-order valence-electron chi connectivity index (χ4n) is 4.08. The second-order valence-electron chi connectivity index (χ2n) is 9.45. The van der Waals surface area contributed by atoms with Gasteiger partial charge in [-0.2, -0.15) is 5.10 Å². The average molecular weight is 442 g/mol. The van der Waals surface area contributed by atoms with E-state index in [1.54, 1.807) is 18.3 Å². The molecule has 2 aliphatic heterocycles. The van der Waals surface area contributed by atoms with Crippen LogP contribution in [0.25, 0.3) is 5.70 Å². The second kappa shape index (κ2) is 8.98. The molecule has 0 radical (unpaired) electrons. The lowest BCUT2D eigenvalue weighted by Gasteiger charge is -2.30. The highest BCUT2D eigenvalue weighted by Gasteiger charge is 2.28. The summed E-state index contributed by atoms with van der Waals surface area (Å²) in [4.78, 5) is 7.32. The van der Waals surface area contributed by atoms with Crippen LogP contribution in [0, 0.1) is 5.41 Å². The Bertz CT molecular complexity index is 1190. The summed E-state index contributed by atoms with van der Waals surface area (Å²) < 4.78 is 0. The minimum absolute atomic E-state index is 0.149. The number of phenolic OH excluding ortho intramolecular Hbond substituents is 1. The van der Waals surface area contributed by atoms with Crippen LogP contribution in [-0.2, 0) is 6.42 Å². The van der Waals surface area contributed by atoms with Gasteiger partial charge in [0.1, 0.15) is 17.4 Å². The van der Waals surface area contributed by atoms with Crippen LogP contribution in [0.2, 0.25) is 0 Å². The van der Waals surface area contributed by atoms with Gasteiger partial charge >= 0.3 is 0 Å². The van der Waals surface area contributed by atoms with Crippen molar-refractivity contribution in [1.29, 1.82) is 0 Å². The van der Waals surface area contributed by atoms with Crippen molar-refractivity contribution in [3.05, 3.63) is 102 Å². The molecule has 4 rings (SSSR count). The number of aromatic amines is 1. The lowest BCUT2D eigenvalue weighted by Crippen LogP contribution is -2.32. The Kier molecular flexibility index (Phi) is 6.09. The molecule has 1 aromatic carbocycles. The van der Waals surface area contributed by atoms with Gasteiger partial charge in [-0.15, -0.1) is 0 Å². The third-order valence-corrected chi connectivity index (χ3v) is 5.88. The van der Waals surface area contributed by atoms with Gasteiger partial charge in [0, 0.05) is 30.9 Å². The molecule has 0 amide bonds. The number of aliphatic imine (C=N–C) groups is 1. The number of nitrogens with zero attached hydrogens (tertiary/aromatic N) is 3. The van der Waals surface area contributed by atoms with Gasteiger partial charge in [0.2, 0.25) is 0 Å². The molecule has 0 unspecified atom stereocenters. The van der Waals surface area contributed by atoms with Crippen molar-refractivity contribution >= 4 is 11.5 Å². The van der Waals surface area contributed by atoms with Gasteiger partial charge in [-0.1, -0.05) is 58.2 Å². The summed E-state index contributed by atoms with van der Waals surface area (Å²) in [6.07, 6.45) is 10.2. The number of phenols is 1. The first-order valence-corrected chi connectivity index (χ1v) is 11.1. The number of amidine groups is 1. The molecule has 0 aliphatic carbocycles. The summed E-state index contributed by atoms with van der Waals surface area (Å²) in [6.45, 7) is 16.1. The zero-order valence-electron chi connectivity index (χ0n) is 19.5. The van der Waals surface area contributed by atoms with E-state index in [1.165, 1.54) is 5.57 Å². The van der Waals surface area contributed by atoms with Crippen molar-refractivity contribution in [3.63, 3.8) is 0 Å². The van der Waals surface area contributed by atoms with Crippen LogP contribution in [0.15, 0.2) is 95.6 Å². The van der Waals surface area contributed by atoms with Crippen molar-refractivity contribution in [1.82, 2.24) is 20.4 Å². The first-order chi connectivity index (χ1) is 15.7. The molecule has 0 atom stereocenters. The molecule has 6 heteroatoms. The van der Waals surface area contributed by atoms with Crippen molar-refractivity contribution in [2.45, 2.75) is 27.2 Å². The van der Waals surface area contributed by atoms with Crippen molar-refractivity contribution in [2.24, 2.45) is 10.4 Å². The van der Waals surface area contributed by atoms with E-state index in [0.29, 0.717) is 6.42 Å². The standard InChI is InChI=1S/C27H31N5O/c1-6-8-20-17-32(16-18(20)2)25-13-24(21-14-28-29-15-21)30-26(31-25)23(27(3,4)5)12-19-9-7-10-22(33)11-19/h6-11,13-15,30,33H,1-2,12,16-17H2,3-5H3,(H,28,29)/b20-8-,26-23-. The Balaban J connectivity index is 1.80. The number of hydrogen-bond acceptors (Lipinski definition) is 5. The Hall–Kier alpha value is -3.80. The number of nitrogens with one attached hydrogen (secondary N) is 2. The molecule has 0 bridgehead atoms. The summed E-state index contributed by atoms with van der Waals surface area (Å²) in [7, 11) is 0. The highest BCUT2D eigenvalue weighted by Crippen LogP contribution is 2.34. The largest absolute Gasteiger partial charge is 0.508 e.